The first-order valence-corrected chi connectivity index (χ1v) is 9.63. The molecule has 22 heavy (non-hydrogen) atoms. The van der Waals surface area contributed by atoms with Crippen LogP contribution in [0.2, 0.25) is 0 Å². The van der Waals surface area contributed by atoms with E-state index in [1.54, 1.807) is 16.4 Å². The number of rotatable bonds is 2. The van der Waals surface area contributed by atoms with Crippen molar-refractivity contribution in [1.29, 1.82) is 0 Å². The zero-order valence-electron chi connectivity index (χ0n) is 13.3. The number of aryl methyl sites for hydroxylation is 1. The van der Waals surface area contributed by atoms with Crippen molar-refractivity contribution in [2.75, 3.05) is 13.1 Å². The average molecular weight is 319 g/mol. The summed E-state index contributed by atoms with van der Waals surface area (Å²) < 4.78 is 27.7. The van der Waals surface area contributed by atoms with E-state index in [1.165, 1.54) is 5.57 Å². The highest BCUT2D eigenvalue weighted by Crippen LogP contribution is 2.48. The second-order valence-electron chi connectivity index (χ2n) is 6.85. The van der Waals surface area contributed by atoms with Crippen molar-refractivity contribution < 1.29 is 8.42 Å². The van der Waals surface area contributed by atoms with Crippen molar-refractivity contribution in [2.24, 2.45) is 5.41 Å². The summed E-state index contributed by atoms with van der Waals surface area (Å²) >= 11 is 0. The summed E-state index contributed by atoms with van der Waals surface area (Å²) in [5, 5.41) is 0. The molecular formula is C18H25NO2S. The van der Waals surface area contributed by atoms with Gasteiger partial charge in [0.05, 0.1) is 4.90 Å². The lowest BCUT2D eigenvalue weighted by atomic mass is 9.79. The molecule has 1 aliphatic carbocycles. The van der Waals surface area contributed by atoms with Crippen molar-refractivity contribution in [3.05, 3.63) is 42.0 Å². The molecule has 1 saturated heterocycles. The Balaban J connectivity index is 1.92. The Kier molecular flexibility index (Phi) is 4.17. The summed E-state index contributed by atoms with van der Waals surface area (Å²) in [5.74, 6) is 0. The van der Waals surface area contributed by atoms with Crippen LogP contribution in [-0.2, 0) is 10.0 Å². The predicted octanol–water partition coefficient (Wildman–Crippen LogP) is 3.90. The van der Waals surface area contributed by atoms with Crippen LogP contribution in [0.1, 0.15) is 44.1 Å². The van der Waals surface area contributed by atoms with E-state index in [2.05, 4.69) is 6.58 Å². The van der Waals surface area contributed by atoms with Gasteiger partial charge in [0, 0.05) is 18.5 Å². The summed E-state index contributed by atoms with van der Waals surface area (Å²) in [7, 11) is -3.40. The van der Waals surface area contributed by atoms with Crippen LogP contribution in [0.3, 0.4) is 0 Å². The van der Waals surface area contributed by atoms with Gasteiger partial charge in [0.1, 0.15) is 0 Å². The molecule has 1 aromatic carbocycles. The summed E-state index contributed by atoms with van der Waals surface area (Å²) in [4.78, 5) is 0.416. The Morgan fingerprint density at radius 2 is 1.77 bits per heavy atom. The van der Waals surface area contributed by atoms with Crippen LogP contribution in [-0.4, -0.2) is 25.8 Å². The highest BCUT2D eigenvalue weighted by atomic mass is 32.2. The number of hydrogen-bond donors (Lipinski definition) is 0. The zero-order chi connectivity index (χ0) is 15.8. The van der Waals surface area contributed by atoms with Gasteiger partial charge in [-0.2, -0.15) is 4.31 Å². The normalized spacial score (nSPS) is 27.2. The number of sulfonamides is 1. The summed E-state index contributed by atoms with van der Waals surface area (Å²) in [6.07, 6.45) is 6.42. The van der Waals surface area contributed by atoms with Crippen LogP contribution in [0.15, 0.2) is 41.3 Å². The summed E-state index contributed by atoms with van der Waals surface area (Å²) in [6, 6.07) is 7.20. The van der Waals surface area contributed by atoms with Crippen molar-refractivity contribution in [3.63, 3.8) is 0 Å². The highest BCUT2D eigenvalue weighted by molar-refractivity contribution is 7.89. The van der Waals surface area contributed by atoms with Gasteiger partial charge in [-0.15, -0.1) is 0 Å². The Bertz CT molecular complexity index is 663. The maximum Gasteiger partial charge on any atom is 0.243 e. The third kappa shape index (κ3) is 2.74. The minimum Gasteiger partial charge on any atom is -0.207 e. The molecule has 120 valence electrons. The fraction of sp³-hybridized carbons (Fsp3) is 0.556. The first-order chi connectivity index (χ1) is 10.4. The first kappa shape index (κ1) is 15.8. The third-order valence-corrected chi connectivity index (χ3v) is 7.19. The van der Waals surface area contributed by atoms with Gasteiger partial charge >= 0.3 is 0 Å². The highest BCUT2D eigenvalue weighted by Gasteiger charge is 2.42. The lowest BCUT2D eigenvalue weighted by Crippen LogP contribution is -2.39. The van der Waals surface area contributed by atoms with Gasteiger partial charge in [-0.3, -0.25) is 0 Å². The van der Waals surface area contributed by atoms with Crippen LogP contribution in [0.25, 0.3) is 0 Å². The molecule has 4 heteroatoms. The lowest BCUT2D eigenvalue weighted by Gasteiger charge is -2.33. The van der Waals surface area contributed by atoms with Crippen molar-refractivity contribution >= 4 is 10.0 Å². The predicted molar refractivity (Wildman–Crippen MR) is 89.2 cm³/mol. The minimum atomic E-state index is -3.40. The summed E-state index contributed by atoms with van der Waals surface area (Å²) in [5.41, 5.74) is 2.36. The fourth-order valence-electron chi connectivity index (χ4n) is 3.89. The molecule has 1 heterocycles. The Labute approximate surface area is 134 Å². The van der Waals surface area contributed by atoms with Crippen LogP contribution in [0.4, 0.5) is 0 Å². The fourth-order valence-corrected chi connectivity index (χ4v) is 5.45. The quantitative estimate of drug-likeness (QED) is 0.775. The van der Waals surface area contributed by atoms with Crippen LogP contribution < -0.4 is 0 Å². The Hall–Kier alpha value is -1.13. The second kappa shape index (κ2) is 5.82. The van der Waals surface area contributed by atoms with Crippen molar-refractivity contribution in [2.45, 2.75) is 50.3 Å². The number of hydrogen-bond acceptors (Lipinski definition) is 2. The van der Waals surface area contributed by atoms with E-state index in [9.17, 15) is 8.42 Å². The molecule has 1 aliphatic heterocycles. The molecular weight excluding hydrogens is 294 g/mol. The lowest BCUT2D eigenvalue weighted by molar-refractivity contribution is 0.275. The zero-order valence-corrected chi connectivity index (χ0v) is 14.2. The molecule has 1 unspecified atom stereocenters. The molecule has 1 spiro atoms. The van der Waals surface area contributed by atoms with Crippen LogP contribution >= 0.6 is 0 Å². The number of benzene rings is 1. The van der Waals surface area contributed by atoms with E-state index in [-0.39, 0.29) is 5.41 Å². The molecule has 1 saturated carbocycles. The molecule has 0 aromatic heterocycles. The van der Waals surface area contributed by atoms with Crippen LogP contribution in [0.5, 0.6) is 0 Å². The molecule has 0 radical (unpaired) electrons. The van der Waals surface area contributed by atoms with Gasteiger partial charge in [0.25, 0.3) is 0 Å². The third-order valence-electron chi connectivity index (χ3n) is 5.33. The largest absolute Gasteiger partial charge is 0.243 e. The van der Waals surface area contributed by atoms with Gasteiger partial charge in [0.15, 0.2) is 0 Å². The van der Waals surface area contributed by atoms with Gasteiger partial charge in [-0.25, -0.2) is 8.42 Å². The maximum absolute atomic E-state index is 13.0. The first-order valence-electron chi connectivity index (χ1n) is 8.19. The minimum absolute atomic E-state index is 0.0221. The smallest absolute Gasteiger partial charge is 0.207 e. The van der Waals surface area contributed by atoms with Gasteiger partial charge < -0.3 is 0 Å². The Morgan fingerprint density at radius 1 is 1.09 bits per heavy atom. The molecule has 1 aromatic rings. The maximum atomic E-state index is 13.0. The van der Waals surface area contributed by atoms with Gasteiger partial charge in [0.2, 0.25) is 10.0 Å². The summed E-state index contributed by atoms with van der Waals surface area (Å²) in [6.45, 7) is 7.47. The molecule has 0 amide bonds. The van der Waals surface area contributed by atoms with E-state index in [0.29, 0.717) is 18.0 Å². The van der Waals surface area contributed by atoms with Gasteiger partial charge in [-0.05, 0) is 51.2 Å². The second-order valence-corrected chi connectivity index (χ2v) is 8.78. The number of nitrogens with zero attached hydrogens (tertiary/aromatic N) is 1. The van der Waals surface area contributed by atoms with Crippen molar-refractivity contribution in [1.82, 2.24) is 4.31 Å². The van der Waals surface area contributed by atoms with E-state index >= 15 is 0 Å². The van der Waals surface area contributed by atoms with E-state index in [4.69, 9.17) is 0 Å². The molecule has 3 nitrogen and oxygen atoms in total. The van der Waals surface area contributed by atoms with Crippen molar-refractivity contribution in [3.8, 4) is 0 Å². The molecule has 1 atom stereocenters. The van der Waals surface area contributed by atoms with E-state index < -0.39 is 10.0 Å². The van der Waals surface area contributed by atoms with Gasteiger partial charge in [-0.1, -0.05) is 36.3 Å². The monoisotopic (exact) mass is 319 g/mol. The molecule has 2 fully saturated rings. The molecule has 0 N–H and O–H groups in total. The Morgan fingerprint density at radius 3 is 2.41 bits per heavy atom. The average Bonchev–Trinajstić information content (AvgIpc) is 2.71. The molecule has 2 aliphatic rings. The topological polar surface area (TPSA) is 37.4 Å². The molecule has 0 bridgehead atoms. The molecule has 3 rings (SSSR count). The van der Waals surface area contributed by atoms with E-state index in [0.717, 1.165) is 44.1 Å². The standard InChI is InChI=1S/C18H25NO2S/c1-15-7-9-17(10-8-15)22(20,21)19-13-4-3-11-18(14-19)12-5-6-16(18)2/h7-10H,2-6,11-14H2,1H3. The van der Waals surface area contributed by atoms with Crippen LogP contribution in [0, 0.1) is 12.3 Å². The van der Waals surface area contributed by atoms with E-state index in [1.807, 2.05) is 19.1 Å². The SMILES string of the molecule is C=C1CCCC12CCCCN(S(=O)(=O)c1ccc(C)cc1)C2.